The number of anilines is 2. The minimum Gasteiger partial charge on any atom is -0.462 e. The number of nitriles is 1. The zero-order chi connectivity index (χ0) is 25.4. The molecule has 0 saturated carbocycles. The van der Waals surface area contributed by atoms with E-state index in [2.05, 4.69) is 52.2 Å². The Bertz CT molecular complexity index is 1330. The average Bonchev–Trinajstić information content (AvgIpc) is 3.35. The Balaban J connectivity index is 1.33. The lowest BCUT2D eigenvalue weighted by Gasteiger charge is -2.37. The molecule has 6 rings (SSSR count). The first-order valence-corrected chi connectivity index (χ1v) is 13.5. The summed E-state index contributed by atoms with van der Waals surface area (Å²) in [5.41, 5.74) is 3.34. The molecular weight excluding hydrogens is 486 g/mol. The van der Waals surface area contributed by atoms with E-state index in [0.29, 0.717) is 38.3 Å². The second-order valence-electron chi connectivity index (χ2n) is 10.2. The number of hydrogen-bond acceptors (Lipinski definition) is 8. The zero-order valence-corrected chi connectivity index (χ0v) is 22.0. The number of aromatic nitrogens is 2. The minimum atomic E-state index is 0.400. The van der Waals surface area contributed by atoms with E-state index in [1.807, 2.05) is 17.0 Å². The highest BCUT2D eigenvalue weighted by molar-refractivity contribution is 6.36. The average molecular weight is 518 g/mol. The lowest BCUT2D eigenvalue weighted by Crippen LogP contribution is -2.45. The topological polar surface area (TPSA) is 71.8 Å². The third-order valence-electron chi connectivity index (χ3n) is 7.99. The van der Waals surface area contributed by atoms with Crippen LogP contribution in [0.1, 0.15) is 24.1 Å². The van der Waals surface area contributed by atoms with Crippen LogP contribution in [0.5, 0.6) is 6.01 Å². The van der Waals surface area contributed by atoms with E-state index in [9.17, 15) is 5.26 Å². The van der Waals surface area contributed by atoms with Gasteiger partial charge in [0.2, 0.25) is 0 Å². The van der Waals surface area contributed by atoms with Gasteiger partial charge in [-0.05, 0) is 50.4 Å². The Labute approximate surface area is 223 Å². The number of halogens is 1. The van der Waals surface area contributed by atoms with Crippen molar-refractivity contribution in [1.82, 2.24) is 19.8 Å². The van der Waals surface area contributed by atoms with Crippen molar-refractivity contribution in [3.8, 4) is 12.2 Å². The number of ether oxygens (including phenoxy) is 1. The summed E-state index contributed by atoms with van der Waals surface area (Å²) in [5, 5.41) is 12.3. The minimum absolute atomic E-state index is 0.400. The Morgan fingerprint density at radius 2 is 1.84 bits per heavy atom. The molecule has 0 unspecified atom stereocenters. The number of nitrogens with zero attached hydrogens (tertiary/aromatic N) is 7. The Morgan fingerprint density at radius 1 is 1.03 bits per heavy atom. The molecular formula is C28H32ClN7O. The lowest BCUT2D eigenvalue weighted by atomic mass is 10.0. The molecule has 8 nitrogen and oxygen atoms in total. The van der Waals surface area contributed by atoms with Gasteiger partial charge in [-0.1, -0.05) is 35.9 Å². The smallest absolute Gasteiger partial charge is 0.318 e. The van der Waals surface area contributed by atoms with Crippen molar-refractivity contribution in [2.24, 2.45) is 0 Å². The molecule has 37 heavy (non-hydrogen) atoms. The summed E-state index contributed by atoms with van der Waals surface area (Å²) in [5.74, 6) is 0.966. The van der Waals surface area contributed by atoms with Crippen LogP contribution in [0, 0.1) is 11.5 Å². The van der Waals surface area contributed by atoms with E-state index in [0.717, 1.165) is 72.0 Å². The van der Waals surface area contributed by atoms with E-state index in [4.69, 9.17) is 26.3 Å². The first-order valence-electron chi connectivity index (χ1n) is 13.2. The fourth-order valence-electron chi connectivity index (χ4n) is 5.84. The highest BCUT2D eigenvalue weighted by Crippen LogP contribution is 2.37. The van der Waals surface area contributed by atoms with Crippen molar-refractivity contribution >= 4 is 33.9 Å². The molecule has 1 aromatic heterocycles. The van der Waals surface area contributed by atoms with Gasteiger partial charge in [0.15, 0.2) is 6.19 Å². The second kappa shape index (κ2) is 10.2. The molecule has 0 amide bonds. The number of benzene rings is 2. The highest BCUT2D eigenvalue weighted by Gasteiger charge is 2.29. The van der Waals surface area contributed by atoms with Gasteiger partial charge in [-0.15, -0.1) is 0 Å². The molecule has 9 heteroatoms. The van der Waals surface area contributed by atoms with Crippen molar-refractivity contribution in [3.05, 3.63) is 52.7 Å². The van der Waals surface area contributed by atoms with Crippen LogP contribution in [-0.4, -0.2) is 78.7 Å². The molecule has 3 aliphatic rings. The molecule has 1 atom stereocenters. The number of likely N-dealkylation sites (tertiary alicyclic amines) is 1. The molecule has 2 aromatic carbocycles. The van der Waals surface area contributed by atoms with Gasteiger partial charge in [-0.2, -0.15) is 15.2 Å². The normalized spacial score (nSPS) is 20.2. The van der Waals surface area contributed by atoms with Gasteiger partial charge >= 0.3 is 6.01 Å². The van der Waals surface area contributed by atoms with E-state index in [1.54, 1.807) is 0 Å². The molecule has 2 saturated heterocycles. The molecule has 0 N–H and O–H groups in total. The van der Waals surface area contributed by atoms with Gasteiger partial charge < -0.3 is 24.3 Å². The molecule has 192 valence electrons. The van der Waals surface area contributed by atoms with Crippen LogP contribution in [0.3, 0.4) is 0 Å². The molecule has 0 spiro atoms. The van der Waals surface area contributed by atoms with Crippen LogP contribution in [-0.2, 0) is 13.0 Å². The second-order valence-corrected chi connectivity index (χ2v) is 10.6. The maximum Gasteiger partial charge on any atom is 0.318 e. The summed E-state index contributed by atoms with van der Waals surface area (Å²) in [6.45, 7) is 6.19. The van der Waals surface area contributed by atoms with Crippen molar-refractivity contribution in [2.45, 2.75) is 31.8 Å². The molecule has 4 heterocycles. The van der Waals surface area contributed by atoms with Crippen LogP contribution >= 0.6 is 11.6 Å². The number of hydrogen-bond donors (Lipinski definition) is 0. The summed E-state index contributed by atoms with van der Waals surface area (Å²) in [6, 6.07) is 13.3. The largest absolute Gasteiger partial charge is 0.462 e. The number of piperazine rings is 1. The van der Waals surface area contributed by atoms with E-state index in [1.165, 1.54) is 12.0 Å². The summed E-state index contributed by atoms with van der Waals surface area (Å²) in [7, 11) is 2.15. The van der Waals surface area contributed by atoms with Crippen molar-refractivity contribution < 1.29 is 4.74 Å². The Kier molecular flexibility index (Phi) is 6.66. The predicted octanol–water partition coefficient (Wildman–Crippen LogP) is 3.92. The quantitative estimate of drug-likeness (QED) is 0.472. The highest BCUT2D eigenvalue weighted by atomic mass is 35.5. The number of fused-ring (bicyclic) bond motifs is 2. The maximum absolute atomic E-state index is 9.30. The molecule has 0 aliphatic carbocycles. The summed E-state index contributed by atoms with van der Waals surface area (Å²) >= 11 is 6.66. The fourth-order valence-corrected chi connectivity index (χ4v) is 6.12. The lowest BCUT2D eigenvalue weighted by molar-refractivity contribution is 0.187. The predicted molar refractivity (Wildman–Crippen MR) is 146 cm³/mol. The molecule has 0 radical (unpaired) electrons. The number of likely N-dealkylation sites (N-methyl/N-ethyl adjacent to an activating group) is 1. The van der Waals surface area contributed by atoms with E-state index >= 15 is 0 Å². The summed E-state index contributed by atoms with van der Waals surface area (Å²) < 4.78 is 6.24. The number of rotatable bonds is 5. The van der Waals surface area contributed by atoms with Crippen LogP contribution in [0.25, 0.3) is 10.8 Å². The third kappa shape index (κ3) is 4.74. The first kappa shape index (κ1) is 24.1. The van der Waals surface area contributed by atoms with Crippen LogP contribution in [0.2, 0.25) is 5.02 Å². The molecule has 3 aliphatic heterocycles. The van der Waals surface area contributed by atoms with Gasteiger partial charge in [0, 0.05) is 55.4 Å². The summed E-state index contributed by atoms with van der Waals surface area (Å²) in [4.78, 5) is 18.7. The van der Waals surface area contributed by atoms with Crippen molar-refractivity contribution in [1.29, 1.82) is 5.26 Å². The Hall–Kier alpha value is -3.28. The third-order valence-corrected chi connectivity index (χ3v) is 8.31. The van der Waals surface area contributed by atoms with E-state index in [-0.39, 0.29) is 0 Å². The first-order chi connectivity index (χ1) is 18.1. The zero-order valence-electron chi connectivity index (χ0n) is 21.2. The van der Waals surface area contributed by atoms with Crippen molar-refractivity contribution in [2.75, 3.05) is 62.7 Å². The van der Waals surface area contributed by atoms with Gasteiger partial charge in [0.05, 0.1) is 17.3 Å². The van der Waals surface area contributed by atoms with Crippen LogP contribution in [0.4, 0.5) is 11.5 Å². The Morgan fingerprint density at radius 3 is 2.59 bits per heavy atom. The SMILES string of the molecule is CN1CCC[C@H]1COc1nc2c(c(N3CCN(C#N)CC3)n1)CCN(c1cccc3cccc(Cl)c13)C2. The monoisotopic (exact) mass is 517 g/mol. The maximum atomic E-state index is 9.30. The van der Waals surface area contributed by atoms with Gasteiger partial charge in [-0.25, -0.2) is 0 Å². The molecule has 3 aromatic rings. The van der Waals surface area contributed by atoms with Gasteiger partial charge in [0.25, 0.3) is 0 Å². The van der Waals surface area contributed by atoms with Gasteiger partial charge in [0.1, 0.15) is 12.4 Å². The van der Waals surface area contributed by atoms with E-state index < -0.39 is 0 Å². The fraction of sp³-hybridized carbons (Fsp3) is 0.464. The molecule has 2 fully saturated rings. The standard InChI is InChI=1S/C28H32ClN7O/c1-33-11-4-7-21(33)18-37-28-31-24-17-36(25-9-3-6-20-5-2-8-23(29)26(20)25)12-10-22(24)27(32-28)35-15-13-34(19-30)14-16-35/h2-3,5-6,8-9,21H,4,7,10-18H2,1H3/t21-/m0/s1. The summed E-state index contributed by atoms with van der Waals surface area (Å²) in [6.07, 6.45) is 5.46. The van der Waals surface area contributed by atoms with Crippen LogP contribution in [0.15, 0.2) is 36.4 Å². The van der Waals surface area contributed by atoms with Crippen LogP contribution < -0.4 is 14.5 Å². The van der Waals surface area contributed by atoms with Gasteiger partial charge in [-0.3, -0.25) is 0 Å². The molecule has 0 bridgehead atoms. The van der Waals surface area contributed by atoms with Crippen molar-refractivity contribution in [3.63, 3.8) is 0 Å².